The van der Waals surface area contributed by atoms with E-state index in [1.54, 1.807) is 7.11 Å². The minimum Gasteiger partial charge on any atom is -0.496 e. The van der Waals surface area contributed by atoms with Gasteiger partial charge < -0.3 is 15.2 Å². The van der Waals surface area contributed by atoms with Crippen LogP contribution in [0.25, 0.3) is 0 Å². The fraction of sp³-hybridized carbons (Fsp3) is 0.500. The third-order valence-electron chi connectivity index (χ3n) is 2.43. The number of hydrogen-bond acceptors (Lipinski definition) is 3. The average Bonchev–Trinajstić information content (AvgIpc) is 2.28. The monoisotopic (exact) mass is 209 g/mol. The highest BCUT2D eigenvalue weighted by Crippen LogP contribution is 2.26. The molecule has 0 aromatic heterocycles. The van der Waals surface area contributed by atoms with E-state index in [2.05, 4.69) is 0 Å². The molecule has 1 aromatic rings. The van der Waals surface area contributed by atoms with Crippen molar-refractivity contribution in [1.29, 1.82) is 0 Å². The Morgan fingerprint density at radius 2 is 2.00 bits per heavy atom. The van der Waals surface area contributed by atoms with Crippen LogP contribution in [0.4, 0.5) is 0 Å². The molecule has 3 nitrogen and oxygen atoms in total. The number of methoxy groups -OCH3 is 1. The maximum atomic E-state index is 6.10. The second kappa shape index (κ2) is 5.73. The molecule has 84 valence electrons. The molecule has 2 unspecified atom stereocenters. The lowest BCUT2D eigenvalue weighted by Crippen LogP contribution is -2.26. The van der Waals surface area contributed by atoms with Crippen LogP contribution in [0, 0.1) is 0 Å². The van der Waals surface area contributed by atoms with Crippen molar-refractivity contribution in [2.24, 2.45) is 5.73 Å². The predicted octanol–water partition coefficient (Wildman–Crippen LogP) is 2.12. The van der Waals surface area contributed by atoms with Crippen molar-refractivity contribution in [3.05, 3.63) is 29.8 Å². The van der Waals surface area contributed by atoms with Gasteiger partial charge in [0.05, 0.1) is 19.3 Å². The molecule has 3 heteroatoms. The van der Waals surface area contributed by atoms with Crippen LogP contribution in [0.3, 0.4) is 0 Å². The highest BCUT2D eigenvalue weighted by Gasteiger charge is 2.18. The van der Waals surface area contributed by atoms with E-state index in [1.165, 1.54) is 0 Å². The molecule has 1 rings (SSSR count). The van der Waals surface area contributed by atoms with Crippen molar-refractivity contribution in [2.75, 3.05) is 13.7 Å². The van der Waals surface area contributed by atoms with Gasteiger partial charge >= 0.3 is 0 Å². The fourth-order valence-corrected chi connectivity index (χ4v) is 1.56. The number of hydrogen-bond donors (Lipinski definition) is 1. The van der Waals surface area contributed by atoms with Gasteiger partial charge in [0.25, 0.3) is 0 Å². The molecule has 0 saturated carbocycles. The zero-order chi connectivity index (χ0) is 11.3. The summed E-state index contributed by atoms with van der Waals surface area (Å²) in [5, 5.41) is 0. The molecule has 0 heterocycles. The summed E-state index contributed by atoms with van der Waals surface area (Å²) in [6.07, 6.45) is -0.00806. The summed E-state index contributed by atoms with van der Waals surface area (Å²) in [4.78, 5) is 0. The number of ether oxygens (including phenoxy) is 2. The second-order valence-corrected chi connectivity index (χ2v) is 3.43. The number of para-hydroxylation sites is 1. The standard InChI is InChI=1S/C12H19NO2/c1-4-15-9(2)12(13)10-7-5-6-8-11(10)14-3/h5-9,12H,4,13H2,1-3H3. The summed E-state index contributed by atoms with van der Waals surface area (Å²) in [6, 6.07) is 7.62. The molecule has 2 N–H and O–H groups in total. The topological polar surface area (TPSA) is 44.5 Å². The molecule has 15 heavy (non-hydrogen) atoms. The van der Waals surface area contributed by atoms with Crippen LogP contribution in [0.5, 0.6) is 5.75 Å². The van der Waals surface area contributed by atoms with Gasteiger partial charge in [0, 0.05) is 12.2 Å². The SMILES string of the molecule is CCOC(C)C(N)c1ccccc1OC. The van der Waals surface area contributed by atoms with Crippen molar-refractivity contribution in [3.63, 3.8) is 0 Å². The first kappa shape index (κ1) is 12.0. The Morgan fingerprint density at radius 1 is 1.33 bits per heavy atom. The molecule has 0 bridgehead atoms. The lowest BCUT2D eigenvalue weighted by Gasteiger charge is -2.21. The van der Waals surface area contributed by atoms with E-state index in [4.69, 9.17) is 15.2 Å². The summed E-state index contributed by atoms with van der Waals surface area (Å²) in [6.45, 7) is 4.61. The van der Waals surface area contributed by atoms with E-state index in [-0.39, 0.29) is 12.1 Å². The fourth-order valence-electron chi connectivity index (χ4n) is 1.56. The molecule has 0 spiro atoms. The first-order valence-corrected chi connectivity index (χ1v) is 5.20. The summed E-state index contributed by atoms with van der Waals surface area (Å²) < 4.78 is 10.7. The number of nitrogens with two attached hydrogens (primary N) is 1. The second-order valence-electron chi connectivity index (χ2n) is 3.43. The van der Waals surface area contributed by atoms with Gasteiger partial charge in [0.15, 0.2) is 0 Å². The Kier molecular flexibility index (Phi) is 4.59. The van der Waals surface area contributed by atoms with Gasteiger partial charge in [-0.05, 0) is 19.9 Å². The van der Waals surface area contributed by atoms with Crippen LogP contribution in [0.1, 0.15) is 25.5 Å². The van der Waals surface area contributed by atoms with E-state index in [9.17, 15) is 0 Å². The molecule has 0 fully saturated rings. The quantitative estimate of drug-likeness (QED) is 0.807. The molecule has 0 aliphatic carbocycles. The summed E-state index contributed by atoms with van der Waals surface area (Å²) in [5.74, 6) is 0.816. The minimum atomic E-state index is -0.152. The molecule has 0 saturated heterocycles. The molecule has 0 radical (unpaired) electrons. The average molecular weight is 209 g/mol. The van der Waals surface area contributed by atoms with Crippen LogP contribution in [0.15, 0.2) is 24.3 Å². The molecule has 0 aliphatic heterocycles. The van der Waals surface area contributed by atoms with Crippen molar-refractivity contribution in [2.45, 2.75) is 26.0 Å². The number of rotatable bonds is 5. The van der Waals surface area contributed by atoms with Gasteiger partial charge in [-0.25, -0.2) is 0 Å². The Hall–Kier alpha value is -1.06. The molecule has 0 aliphatic rings. The van der Waals surface area contributed by atoms with Crippen LogP contribution in [-0.2, 0) is 4.74 Å². The van der Waals surface area contributed by atoms with E-state index < -0.39 is 0 Å². The first-order valence-electron chi connectivity index (χ1n) is 5.20. The Balaban J connectivity index is 2.84. The largest absolute Gasteiger partial charge is 0.496 e. The van der Waals surface area contributed by atoms with Crippen molar-refractivity contribution >= 4 is 0 Å². The third kappa shape index (κ3) is 2.94. The molecular weight excluding hydrogens is 190 g/mol. The normalized spacial score (nSPS) is 14.7. The van der Waals surface area contributed by atoms with Gasteiger partial charge in [0.1, 0.15) is 5.75 Å². The first-order chi connectivity index (χ1) is 7.20. The van der Waals surface area contributed by atoms with Gasteiger partial charge in [-0.15, -0.1) is 0 Å². The van der Waals surface area contributed by atoms with E-state index in [0.29, 0.717) is 6.61 Å². The highest BCUT2D eigenvalue weighted by atomic mass is 16.5. The molecule has 1 aromatic carbocycles. The molecule has 0 amide bonds. The van der Waals surface area contributed by atoms with Crippen LogP contribution >= 0.6 is 0 Å². The highest BCUT2D eigenvalue weighted by molar-refractivity contribution is 5.36. The van der Waals surface area contributed by atoms with Crippen LogP contribution in [0.2, 0.25) is 0 Å². The van der Waals surface area contributed by atoms with Crippen molar-refractivity contribution < 1.29 is 9.47 Å². The van der Waals surface area contributed by atoms with Crippen LogP contribution in [-0.4, -0.2) is 19.8 Å². The summed E-state index contributed by atoms with van der Waals surface area (Å²) in [7, 11) is 1.65. The maximum absolute atomic E-state index is 6.10. The third-order valence-corrected chi connectivity index (χ3v) is 2.43. The lowest BCUT2D eigenvalue weighted by atomic mass is 10.0. The molecule has 2 atom stereocenters. The zero-order valence-electron chi connectivity index (χ0n) is 9.57. The van der Waals surface area contributed by atoms with E-state index in [1.807, 2.05) is 38.1 Å². The molecular formula is C12H19NO2. The minimum absolute atomic E-state index is 0.00806. The van der Waals surface area contributed by atoms with Gasteiger partial charge in [-0.2, -0.15) is 0 Å². The van der Waals surface area contributed by atoms with Gasteiger partial charge in [0.2, 0.25) is 0 Å². The summed E-state index contributed by atoms with van der Waals surface area (Å²) >= 11 is 0. The van der Waals surface area contributed by atoms with E-state index in [0.717, 1.165) is 11.3 Å². The maximum Gasteiger partial charge on any atom is 0.123 e. The Bertz CT molecular complexity index is 301. The van der Waals surface area contributed by atoms with Crippen molar-refractivity contribution in [3.8, 4) is 5.75 Å². The van der Waals surface area contributed by atoms with Gasteiger partial charge in [-0.3, -0.25) is 0 Å². The smallest absolute Gasteiger partial charge is 0.123 e. The lowest BCUT2D eigenvalue weighted by molar-refractivity contribution is 0.0568. The zero-order valence-corrected chi connectivity index (χ0v) is 9.57. The Morgan fingerprint density at radius 3 is 2.60 bits per heavy atom. The predicted molar refractivity (Wildman–Crippen MR) is 61.0 cm³/mol. The van der Waals surface area contributed by atoms with Gasteiger partial charge in [-0.1, -0.05) is 18.2 Å². The van der Waals surface area contributed by atoms with Crippen LogP contribution < -0.4 is 10.5 Å². The number of benzene rings is 1. The van der Waals surface area contributed by atoms with Crippen molar-refractivity contribution in [1.82, 2.24) is 0 Å². The summed E-state index contributed by atoms with van der Waals surface area (Å²) in [5.41, 5.74) is 7.08. The Labute approximate surface area is 91.2 Å². The van der Waals surface area contributed by atoms with E-state index >= 15 is 0 Å².